The Morgan fingerprint density at radius 1 is 0.941 bits per heavy atom. The quantitative estimate of drug-likeness (QED) is 0.301. The SMILES string of the molecule is CSc1ccc(C(c2oc3ccccc3c2NC(=O)c2ccc(C)cc2)N2CCCCC2)cc1. The number of aryl methyl sites for hydroxylation is 1. The van der Waals surface area contributed by atoms with Crippen molar-refractivity contribution in [1.82, 2.24) is 4.90 Å². The predicted octanol–water partition coefficient (Wildman–Crippen LogP) is 7.29. The molecular weight excluding hydrogens is 440 g/mol. The Hall–Kier alpha value is -3.02. The van der Waals surface area contributed by atoms with Gasteiger partial charge in [-0.1, -0.05) is 48.4 Å². The van der Waals surface area contributed by atoms with E-state index in [2.05, 4.69) is 40.7 Å². The van der Waals surface area contributed by atoms with Crippen LogP contribution in [0.25, 0.3) is 11.0 Å². The van der Waals surface area contributed by atoms with Crippen molar-refractivity contribution in [3.05, 3.63) is 95.2 Å². The molecule has 34 heavy (non-hydrogen) atoms. The number of nitrogens with zero attached hydrogens (tertiary/aromatic N) is 1. The van der Waals surface area contributed by atoms with Gasteiger partial charge in [0.2, 0.25) is 0 Å². The molecule has 5 heteroatoms. The Bertz CT molecular complexity index is 1270. The fourth-order valence-electron chi connectivity index (χ4n) is 4.77. The number of fused-ring (bicyclic) bond motifs is 1. The zero-order valence-electron chi connectivity index (χ0n) is 19.7. The summed E-state index contributed by atoms with van der Waals surface area (Å²) < 4.78 is 6.52. The first-order valence-electron chi connectivity index (χ1n) is 11.9. The van der Waals surface area contributed by atoms with E-state index in [1.165, 1.54) is 29.7 Å². The lowest BCUT2D eigenvalue weighted by Gasteiger charge is -2.34. The van der Waals surface area contributed by atoms with Crippen LogP contribution < -0.4 is 5.32 Å². The molecule has 0 aliphatic carbocycles. The number of hydrogen-bond acceptors (Lipinski definition) is 4. The Morgan fingerprint density at radius 2 is 1.65 bits per heavy atom. The van der Waals surface area contributed by atoms with E-state index in [4.69, 9.17) is 4.42 Å². The van der Waals surface area contributed by atoms with Gasteiger partial charge in [-0.3, -0.25) is 9.69 Å². The number of carbonyl (C=O) groups excluding carboxylic acids is 1. The molecule has 1 unspecified atom stereocenters. The second-order valence-electron chi connectivity index (χ2n) is 8.93. The van der Waals surface area contributed by atoms with Crippen molar-refractivity contribution in [2.45, 2.75) is 37.1 Å². The summed E-state index contributed by atoms with van der Waals surface area (Å²) in [6.45, 7) is 4.05. The number of thioether (sulfide) groups is 1. The first kappa shape index (κ1) is 22.8. The number of hydrogen-bond donors (Lipinski definition) is 1. The largest absolute Gasteiger partial charge is 0.457 e. The Morgan fingerprint density at radius 3 is 2.35 bits per heavy atom. The van der Waals surface area contributed by atoms with Crippen LogP contribution in [0.5, 0.6) is 0 Å². The predicted molar refractivity (Wildman–Crippen MR) is 141 cm³/mol. The van der Waals surface area contributed by atoms with Crippen LogP contribution in [0.4, 0.5) is 5.69 Å². The average Bonchev–Trinajstić information content (AvgIpc) is 3.23. The third-order valence-electron chi connectivity index (χ3n) is 6.61. The third-order valence-corrected chi connectivity index (χ3v) is 7.35. The van der Waals surface area contributed by atoms with E-state index in [0.717, 1.165) is 41.1 Å². The summed E-state index contributed by atoms with van der Waals surface area (Å²) in [6, 6.07) is 24.3. The highest BCUT2D eigenvalue weighted by Gasteiger charge is 2.31. The van der Waals surface area contributed by atoms with Gasteiger partial charge >= 0.3 is 0 Å². The second-order valence-corrected chi connectivity index (χ2v) is 9.81. The molecule has 1 saturated heterocycles. The maximum atomic E-state index is 13.3. The monoisotopic (exact) mass is 470 g/mol. The summed E-state index contributed by atoms with van der Waals surface area (Å²) in [5.41, 5.74) is 4.51. The van der Waals surface area contributed by atoms with Crippen LogP contribution >= 0.6 is 11.8 Å². The van der Waals surface area contributed by atoms with Crippen LogP contribution in [-0.2, 0) is 0 Å². The zero-order chi connectivity index (χ0) is 23.5. The van der Waals surface area contributed by atoms with Crippen LogP contribution in [-0.4, -0.2) is 30.2 Å². The maximum absolute atomic E-state index is 13.3. The fourth-order valence-corrected chi connectivity index (χ4v) is 5.18. The number of furan rings is 1. The number of amides is 1. The van der Waals surface area contributed by atoms with Crippen LogP contribution in [0.2, 0.25) is 0 Å². The smallest absolute Gasteiger partial charge is 0.255 e. The van der Waals surface area contributed by atoms with Gasteiger partial charge in [0.1, 0.15) is 11.3 Å². The highest BCUT2D eigenvalue weighted by Crippen LogP contribution is 2.41. The summed E-state index contributed by atoms with van der Waals surface area (Å²) in [4.78, 5) is 17.0. The summed E-state index contributed by atoms with van der Waals surface area (Å²) in [7, 11) is 0. The number of benzene rings is 3. The molecule has 5 rings (SSSR count). The van der Waals surface area contributed by atoms with Gasteiger partial charge in [-0.25, -0.2) is 0 Å². The molecule has 0 saturated carbocycles. The van der Waals surface area contributed by atoms with E-state index < -0.39 is 0 Å². The van der Waals surface area contributed by atoms with Crippen molar-refractivity contribution >= 4 is 34.3 Å². The van der Waals surface area contributed by atoms with E-state index in [1.54, 1.807) is 11.8 Å². The molecule has 0 spiro atoms. The highest BCUT2D eigenvalue weighted by atomic mass is 32.2. The maximum Gasteiger partial charge on any atom is 0.255 e. The first-order valence-corrected chi connectivity index (χ1v) is 13.1. The van der Waals surface area contributed by atoms with Gasteiger partial charge < -0.3 is 9.73 Å². The molecule has 1 atom stereocenters. The van der Waals surface area contributed by atoms with E-state index in [-0.39, 0.29) is 11.9 Å². The van der Waals surface area contributed by atoms with Gasteiger partial charge in [-0.2, -0.15) is 0 Å². The molecule has 0 radical (unpaired) electrons. The van der Waals surface area contributed by atoms with Crippen molar-refractivity contribution < 1.29 is 9.21 Å². The van der Waals surface area contributed by atoms with E-state index >= 15 is 0 Å². The molecule has 0 bridgehead atoms. The zero-order valence-corrected chi connectivity index (χ0v) is 20.5. The molecule has 4 aromatic rings. The van der Waals surface area contributed by atoms with Gasteiger partial charge in [0.25, 0.3) is 5.91 Å². The molecule has 3 aromatic carbocycles. The van der Waals surface area contributed by atoms with Crippen molar-refractivity contribution in [1.29, 1.82) is 0 Å². The number of likely N-dealkylation sites (tertiary alicyclic amines) is 1. The molecule has 2 heterocycles. The highest BCUT2D eigenvalue weighted by molar-refractivity contribution is 7.98. The van der Waals surface area contributed by atoms with Crippen molar-refractivity contribution in [3.63, 3.8) is 0 Å². The van der Waals surface area contributed by atoms with Crippen LogP contribution in [0.1, 0.15) is 52.5 Å². The first-order chi connectivity index (χ1) is 16.6. The third kappa shape index (κ3) is 4.63. The van der Waals surface area contributed by atoms with Gasteiger partial charge in [0.15, 0.2) is 0 Å². The summed E-state index contributed by atoms with van der Waals surface area (Å²) in [5.74, 6) is 0.684. The summed E-state index contributed by atoms with van der Waals surface area (Å²) in [5, 5.41) is 4.15. The molecule has 1 aliphatic rings. The standard InChI is InChI=1S/C29H30N2O2S/c1-20-10-12-22(13-11-20)29(32)30-26-24-8-4-5-9-25(24)33-28(26)27(31-18-6-3-7-19-31)21-14-16-23(34-2)17-15-21/h4-5,8-17,27H,3,6-7,18-19H2,1-2H3,(H,30,32). The minimum atomic E-state index is -0.122. The molecule has 174 valence electrons. The lowest BCUT2D eigenvalue weighted by Crippen LogP contribution is -2.34. The van der Waals surface area contributed by atoms with Gasteiger partial charge in [-0.05, 0) is 81.1 Å². The van der Waals surface area contributed by atoms with Crippen molar-refractivity contribution in [2.24, 2.45) is 0 Å². The number of para-hydroxylation sites is 1. The number of piperidine rings is 1. The minimum Gasteiger partial charge on any atom is -0.457 e. The molecule has 4 nitrogen and oxygen atoms in total. The lowest BCUT2D eigenvalue weighted by molar-refractivity contribution is 0.102. The van der Waals surface area contributed by atoms with E-state index in [0.29, 0.717) is 5.56 Å². The lowest BCUT2D eigenvalue weighted by atomic mass is 9.98. The molecule has 1 N–H and O–H groups in total. The molecule has 1 aromatic heterocycles. The second kappa shape index (κ2) is 10.1. The average molecular weight is 471 g/mol. The number of anilines is 1. The molecule has 1 fully saturated rings. The van der Waals surface area contributed by atoms with Crippen LogP contribution in [0.15, 0.2) is 82.1 Å². The van der Waals surface area contributed by atoms with Crippen molar-refractivity contribution in [2.75, 3.05) is 24.7 Å². The van der Waals surface area contributed by atoms with Crippen LogP contribution in [0, 0.1) is 6.92 Å². The molecular formula is C29H30N2O2S. The van der Waals surface area contributed by atoms with Gasteiger partial charge in [-0.15, -0.1) is 11.8 Å². The van der Waals surface area contributed by atoms with Gasteiger partial charge in [0.05, 0.1) is 11.7 Å². The number of carbonyl (C=O) groups is 1. The van der Waals surface area contributed by atoms with Gasteiger partial charge in [0, 0.05) is 15.8 Å². The fraction of sp³-hybridized carbons (Fsp3) is 0.276. The van der Waals surface area contributed by atoms with E-state index in [1.807, 2.05) is 55.5 Å². The topological polar surface area (TPSA) is 45.5 Å². The number of rotatable bonds is 6. The Balaban J connectivity index is 1.61. The molecule has 1 amide bonds. The summed E-state index contributed by atoms with van der Waals surface area (Å²) in [6.07, 6.45) is 5.69. The normalized spacial score (nSPS) is 15.4. The Kier molecular flexibility index (Phi) is 6.75. The Labute approximate surface area is 205 Å². The molecule has 1 aliphatic heterocycles. The van der Waals surface area contributed by atoms with Crippen molar-refractivity contribution in [3.8, 4) is 0 Å². The van der Waals surface area contributed by atoms with E-state index in [9.17, 15) is 4.79 Å². The minimum absolute atomic E-state index is 0.0584. The number of nitrogens with one attached hydrogen (secondary N) is 1. The summed E-state index contributed by atoms with van der Waals surface area (Å²) >= 11 is 1.74. The van der Waals surface area contributed by atoms with Crippen LogP contribution in [0.3, 0.4) is 0 Å².